The molecule has 3 nitrogen and oxygen atoms in total. The molecular weight excluding hydrogens is 160 g/mol. The van der Waals surface area contributed by atoms with Crippen molar-refractivity contribution in [2.24, 2.45) is 0 Å². The molecule has 0 amide bonds. The molecule has 1 heterocycles. The Labute approximate surface area is 70.4 Å². The number of hydrogen-bond donors (Lipinski definition) is 1. The van der Waals surface area contributed by atoms with E-state index in [1.165, 1.54) is 0 Å². The van der Waals surface area contributed by atoms with Crippen molar-refractivity contribution in [1.82, 2.24) is 4.98 Å². The number of nitrogen functional groups attached to an aromatic ring is 1. The molecule has 11 heavy (non-hydrogen) atoms. The van der Waals surface area contributed by atoms with Gasteiger partial charge in [0, 0.05) is 5.75 Å². The number of aromatic nitrogens is 1. The zero-order chi connectivity index (χ0) is 8.27. The number of hydrogen-bond acceptors (Lipinski definition) is 4. The number of nitrogens with zero attached hydrogens (tertiary/aromatic N) is 1. The molecule has 0 saturated carbocycles. The Morgan fingerprint density at radius 1 is 1.73 bits per heavy atom. The maximum atomic E-state index is 5.30. The van der Waals surface area contributed by atoms with E-state index in [0.29, 0.717) is 5.25 Å². The molecule has 1 rings (SSSR count). The maximum absolute atomic E-state index is 5.30. The first-order valence-electron chi connectivity index (χ1n) is 3.50. The Bertz CT molecular complexity index is 222. The summed E-state index contributed by atoms with van der Waals surface area (Å²) < 4.78 is 4.85. The van der Waals surface area contributed by atoms with E-state index in [-0.39, 0.29) is 6.01 Å². The van der Waals surface area contributed by atoms with Crippen LogP contribution in [0.5, 0.6) is 0 Å². The van der Waals surface area contributed by atoms with Crippen molar-refractivity contribution in [1.29, 1.82) is 0 Å². The molecular formula is C7H12N2OS. The summed E-state index contributed by atoms with van der Waals surface area (Å²) in [5.41, 5.74) is 6.22. The highest BCUT2D eigenvalue weighted by atomic mass is 32.2. The van der Waals surface area contributed by atoms with Crippen molar-refractivity contribution in [3.05, 3.63) is 12.0 Å². The van der Waals surface area contributed by atoms with Crippen molar-refractivity contribution in [2.75, 3.05) is 5.73 Å². The third kappa shape index (κ3) is 2.84. The Kier molecular flexibility index (Phi) is 2.82. The lowest BCUT2D eigenvalue weighted by atomic mass is 10.6. The molecule has 4 heteroatoms. The van der Waals surface area contributed by atoms with Crippen LogP contribution in [0.2, 0.25) is 0 Å². The number of anilines is 1. The van der Waals surface area contributed by atoms with Crippen molar-refractivity contribution in [3.8, 4) is 0 Å². The molecule has 0 unspecified atom stereocenters. The molecule has 0 spiro atoms. The predicted molar refractivity (Wildman–Crippen MR) is 47.3 cm³/mol. The zero-order valence-electron chi connectivity index (χ0n) is 6.70. The van der Waals surface area contributed by atoms with E-state index in [1.807, 2.05) is 11.8 Å². The molecule has 1 aromatic heterocycles. The highest BCUT2D eigenvalue weighted by molar-refractivity contribution is 7.99. The van der Waals surface area contributed by atoms with Gasteiger partial charge in [-0.1, -0.05) is 13.8 Å². The van der Waals surface area contributed by atoms with Gasteiger partial charge in [0.2, 0.25) is 0 Å². The summed E-state index contributed by atoms with van der Waals surface area (Å²) in [6, 6.07) is 0.254. The molecule has 0 atom stereocenters. The van der Waals surface area contributed by atoms with E-state index in [1.54, 1.807) is 6.26 Å². The van der Waals surface area contributed by atoms with E-state index in [0.717, 1.165) is 11.4 Å². The molecule has 0 aliphatic heterocycles. The van der Waals surface area contributed by atoms with Gasteiger partial charge in [0.25, 0.3) is 6.01 Å². The lowest BCUT2D eigenvalue weighted by molar-refractivity contribution is 0.579. The van der Waals surface area contributed by atoms with Crippen LogP contribution in [-0.2, 0) is 5.75 Å². The minimum absolute atomic E-state index is 0.254. The lowest BCUT2D eigenvalue weighted by Gasteiger charge is -1.99. The van der Waals surface area contributed by atoms with Gasteiger partial charge in [-0.2, -0.15) is 16.7 Å². The van der Waals surface area contributed by atoms with Gasteiger partial charge in [0.05, 0.1) is 5.69 Å². The van der Waals surface area contributed by atoms with Gasteiger partial charge in [-0.3, -0.25) is 0 Å². The fraction of sp³-hybridized carbons (Fsp3) is 0.571. The van der Waals surface area contributed by atoms with E-state index < -0.39 is 0 Å². The number of thioether (sulfide) groups is 1. The van der Waals surface area contributed by atoms with Crippen molar-refractivity contribution in [2.45, 2.75) is 24.9 Å². The molecule has 0 aliphatic rings. The average molecular weight is 172 g/mol. The molecule has 0 aliphatic carbocycles. The van der Waals surface area contributed by atoms with Gasteiger partial charge in [0.15, 0.2) is 0 Å². The summed E-state index contributed by atoms with van der Waals surface area (Å²) in [7, 11) is 0. The molecule has 0 aromatic carbocycles. The van der Waals surface area contributed by atoms with E-state index in [2.05, 4.69) is 18.8 Å². The lowest BCUT2D eigenvalue weighted by Crippen LogP contribution is -1.89. The van der Waals surface area contributed by atoms with Crippen LogP contribution in [-0.4, -0.2) is 10.2 Å². The highest BCUT2D eigenvalue weighted by Crippen LogP contribution is 2.16. The largest absolute Gasteiger partial charge is 0.432 e. The molecule has 2 N–H and O–H groups in total. The van der Waals surface area contributed by atoms with Crippen LogP contribution in [0.1, 0.15) is 19.5 Å². The van der Waals surface area contributed by atoms with Crippen LogP contribution in [0.4, 0.5) is 6.01 Å². The summed E-state index contributed by atoms with van der Waals surface area (Å²) >= 11 is 1.82. The van der Waals surface area contributed by atoms with E-state index >= 15 is 0 Å². The SMILES string of the molecule is CC(C)SCc1coc(N)n1. The van der Waals surface area contributed by atoms with E-state index in [4.69, 9.17) is 10.2 Å². The second kappa shape index (κ2) is 3.67. The second-order valence-corrected chi connectivity index (χ2v) is 4.10. The first kappa shape index (κ1) is 8.46. The number of nitrogens with two attached hydrogens (primary N) is 1. The Balaban J connectivity index is 2.39. The van der Waals surface area contributed by atoms with Crippen molar-refractivity contribution in [3.63, 3.8) is 0 Å². The third-order valence-electron chi connectivity index (χ3n) is 1.13. The van der Waals surface area contributed by atoms with Crippen molar-refractivity contribution >= 4 is 17.8 Å². The molecule has 1 aromatic rings. The molecule has 62 valence electrons. The number of oxazole rings is 1. The Morgan fingerprint density at radius 2 is 2.45 bits per heavy atom. The van der Waals surface area contributed by atoms with Gasteiger partial charge in [-0.15, -0.1) is 0 Å². The normalized spacial score (nSPS) is 10.8. The van der Waals surface area contributed by atoms with Crippen LogP contribution < -0.4 is 5.73 Å². The smallest absolute Gasteiger partial charge is 0.292 e. The summed E-state index contributed by atoms with van der Waals surface area (Å²) in [4.78, 5) is 3.97. The summed E-state index contributed by atoms with van der Waals surface area (Å²) in [6.45, 7) is 4.29. The van der Waals surface area contributed by atoms with E-state index in [9.17, 15) is 0 Å². The first-order chi connectivity index (χ1) is 5.18. The Morgan fingerprint density at radius 3 is 2.91 bits per heavy atom. The van der Waals surface area contributed by atoms with Crippen LogP contribution in [0.25, 0.3) is 0 Å². The second-order valence-electron chi connectivity index (χ2n) is 2.54. The minimum atomic E-state index is 0.254. The standard InChI is InChI=1S/C7H12N2OS/c1-5(2)11-4-6-3-10-7(8)9-6/h3,5H,4H2,1-2H3,(H2,8,9). The monoisotopic (exact) mass is 172 g/mol. The highest BCUT2D eigenvalue weighted by Gasteiger charge is 2.01. The molecule has 0 saturated heterocycles. The van der Waals surface area contributed by atoms with Crippen LogP contribution in [0.15, 0.2) is 10.7 Å². The maximum Gasteiger partial charge on any atom is 0.292 e. The van der Waals surface area contributed by atoms with Crippen LogP contribution in [0, 0.1) is 0 Å². The zero-order valence-corrected chi connectivity index (χ0v) is 7.52. The topological polar surface area (TPSA) is 52.0 Å². The molecule has 0 fully saturated rings. The molecule has 0 radical (unpaired) electrons. The van der Waals surface area contributed by atoms with Crippen LogP contribution >= 0.6 is 11.8 Å². The van der Waals surface area contributed by atoms with Crippen molar-refractivity contribution < 1.29 is 4.42 Å². The fourth-order valence-electron chi connectivity index (χ4n) is 0.641. The summed E-state index contributed by atoms with van der Waals surface area (Å²) in [5.74, 6) is 0.873. The van der Waals surface area contributed by atoms with Gasteiger partial charge >= 0.3 is 0 Å². The Hall–Kier alpha value is -0.640. The quantitative estimate of drug-likeness (QED) is 0.756. The van der Waals surface area contributed by atoms with Gasteiger partial charge < -0.3 is 10.2 Å². The average Bonchev–Trinajstić information content (AvgIpc) is 2.31. The van der Waals surface area contributed by atoms with Gasteiger partial charge in [-0.25, -0.2) is 0 Å². The fourth-order valence-corrected chi connectivity index (χ4v) is 1.28. The van der Waals surface area contributed by atoms with Gasteiger partial charge in [-0.05, 0) is 5.25 Å². The number of rotatable bonds is 3. The summed E-state index contributed by atoms with van der Waals surface area (Å²) in [5, 5.41) is 0.618. The van der Waals surface area contributed by atoms with Crippen LogP contribution in [0.3, 0.4) is 0 Å². The third-order valence-corrected chi connectivity index (χ3v) is 2.26. The summed E-state index contributed by atoms with van der Waals surface area (Å²) in [6.07, 6.45) is 1.60. The predicted octanol–water partition coefficient (Wildman–Crippen LogP) is 1.90. The first-order valence-corrected chi connectivity index (χ1v) is 4.55. The molecule has 0 bridgehead atoms. The minimum Gasteiger partial charge on any atom is -0.432 e. The van der Waals surface area contributed by atoms with Gasteiger partial charge in [0.1, 0.15) is 6.26 Å².